The Labute approximate surface area is 141 Å². The molecule has 0 aliphatic rings. The molecule has 0 radical (unpaired) electrons. The molecule has 0 spiro atoms. The topological polar surface area (TPSA) is 0 Å². The molecule has 0 aromatic heterocycles. The summed E-state index contributed by atoms with van der Waals surface area (Å²) in [6.07, 6.45) is 23.7. The van der Waals surface area contributed by atoms with Gasteiger partial charge in [0.25, 0.3) is 0 Å². The van der Waals surface area contributed by atoms with Crippen molar-refractivity contribution in [2.75, 3.05) is 0 Å². The maximum absolute atomic E-state index is 3.78. The van der Waals surface area contributed by atoms with Gasteiger partial charge in [-0.15, -0.1) is 6.58 Å². The summed E-state index contributed by atoms with van der Waals surface area (Å²) in [6.45, 7) is 10.8. The van der Waals surface area contributed by atoms with Crippen LogP contribution in [0.2, 0.25) is 0 Å². The highest BCUT2D eigenvalue weighted by atomic mass is 14.1. The molecule has 0 aliphatic heterocycles. The number of allylic oxidation sites excluding steroid dienone is 3. The summed E-state index contributed by atoms with van der Waals surface area (Å²) >= 11 is 0. The second kappa shape index (κ2) is 16.8. The molecule has 0 saturated heterocycles. The van der Waals surface area contributed by atoms with Crippen LogP contribution in [0.3, 0.4) is 0 Å². The van der Waals surface area contributed by atoms with Crippen LogP contribution < -0.4 is 0 Å². The average molecular weight is 307 g/mol. The van der Waals surface area contributed by atoms with Gasteiger partial charge in [-0.25, -0.2) is 0 Å². The monoisotopic (exact) mass is 306 g/mol. The predicted octanol–water partition coefficient (Wildman–Crippen LogP) is 8.24. The van der Waals surface area contributed by atoms with Gasteiger partial charge in [-0.05, 0) is 44.9 Å². The molecule has 1 unspecified atom stereocenters. The third-order valence-electron chi connectivity index (χ3n) is 4.65. The molecule has 0 nitrogen and oxygen atoms in total. The molecule has 130 valence electrons. The van der Waals surface area contributed by atoms with Crippen LogP contribution in [0.15, 0.2) is 24.3 Å². The van der Waals surface area contributed by atoms with Crippen molar-refractivity contribution in [3.63, 3.8) is 0 Å². The maximum atomic E-state index is 3.78. The molecule has 0 aliphatic carbocycles. The summed E-state index contributed by atoms with van der Waals surface area (Å²) in [4.78, 5) is 0. The highest BCUT2D eigenvalue weighted by Crippen LogP contribution is 2.17. The molecule has 1 atom stereocenters. The van der Waals surface area contributed by atoms with Crippen LogP contribution in [-0.4, -0.2) is 0 Å². The molecule has 22 heavy (non-hydrogen) atoms. The molecule has 0 aromatic carbocycles. The SMILES string of the molecule is C=CCCCCCCCC/C(C)=C/CC(C)CCCCCC. The Balaban J connectivity index is 3.45. The van der Waals surface area contributed by atoms with E-state index in [-0.39, 0.29) is 0 Å². The minimum absolute atomic E-state index is 0.872. The standard InChI is InChI=1S/C22H42/c1-5-7-9-11-12-13-14-16-18-22(4)20-19-21(3)17-15-10-8-6-2/h5,20-21H,1,6-19H2,2-4H3/b22-20+. The van der Waals surface area contributed by atoms with Crippen molar-refractivity contribution in [1.82, 2.24) is 0 Å². The average Bonchev–Trinajstić information content (AvgIpc) is 2.52. The van der Waals surface area contributed by atoms with Gasteiger partial charge < -0.3 is 0 Å². The van der Waals surface area contributed by atoms with E-state index in [1.807, 2.05) is 6.08 Å². The summed E-state index contributed by atoms with van der Waals surface area (Å²) < 4.78 is 0. The first-order valence-corrected chi connectivity index (χ1v) is 9.97. The summed E-state index contributed by atoms with van der Waals surface area (Å²) in [5.74, 6) is 0.872. The Morgan fingerprint density at radius 2 is 1.55 bits per heavy atom. The molecular weight excluding hydrogens is 264 g/mol. The molecule has 0 bridgehead atoms. The van der Waals surface area contributed by atoms with Crippen molar-refractivity contribution in [1.29, 1.82) is 0 Å². The molecule has 0 aromatic rings. The van der Waals surface area contributed by atoms with E-state index in [0.29, 0.717) is 0 Å². The van der Waals surface area contributed by atoms with E-state index in [0.717, 1.165) is 5.92 Å². The third kappa shape index (κ3) is 15.9. The van der Waals surface area contributed by atoms with Crippen LogP contribution in [0.1, 0.15) is 111 Å². The van der Waals surface area contributed by atoms with Crippen LogP contribution in [0.4, 0.5) is 0 Å². The van der Waals surface area contributed by atoms with Gasteiger partial charge in [0.1, 0.15) is 0 Å². The molecule has 0 heterocycles. The van der Waals surface area contributed by atoms with E-state index in [1.54, 1.807) is 5.57 Å². The molecule has 0 amide bonds. The van der Waals surface area contributed by atoms with Crippen LogP contribution in [0, 0.1) is 5.92 Å². The van der Waals surface area contributed by atoms with Crippen molar-refractivity contribution >= 4 is 0 Å². The van der Waals surface area contributed by atoms with E-state index in [4.69, 9.17) is 0 Å². The Morgan fingerprint density at radius 1 is 0.909 bits per heavy atom. The number of hydrogen-bond donors (Lipinski definition) is 0. The third-order valence-corrected chi connectivity index (χ3v) is 4.65. The summed E-state index contributed by atoms with van der Waals surface area (Å²) in [6, 6.07) is 0. The lowest BCUT2D eigenvalue weighted by molar-refractivity contribution is 0.492. The van der Waals surface area contributed by atoms with Gasteiger partial charge in [0.15, 0.2) is 0 Å². The first-order valence-electron chi connectivity index (χ1n) is 9.97. The zero-order valence-electron chi connectivity index (χ0n) is 15.8. The van der Waals surface area contributed by atoms with Crippen molar-refractivity contribution in [2.45, 2.75) is 111 Å². The van der Waals surface area contributed by atoms with Crippen molar-refractivity contribution in [2.24, 2.45) is 5.92 Å². The predicted molar refractivity (Wildman–Crippen MR) is 103 cm³/mol. The molecule has 0 fully saturated rings. The van der Waals surface area contributed by atoms with E-state index < -0.39 is 0 Å². The van der Waals surface area contributed by atoms with Gasteiger partial charge in [-0.2, -0.15) is 0 Å². The fourth-order valence-electron chi connectivity index (χ4n) is 2.94. The van der Waals surface area contributed by atoms with Gasteiger partial charge >= 0.3 is 0 Å². The molecule has 0 N–H and O–H groups in total. The minimum Gasteiger partial charge on any atom is -0.103 e. The summed E-state index contributed by atoms with van der Waals surface area (Å²) in [7, 11) is 0. The summed E-state index contributed by atoms with van der Waals surface area (Å²) in [5, 5.41) is 0. The quantitative estimate of drug-likeness (QED) is 0.199. The maximum Gasteiger partial charge on any atom is -0.0322 e. The van der Waals surface area contributed by atoms with Crippen molar-refractivity contribution < 1.29 is 0 Å². The Morgan fingerprint density at radius 3 is 2.23 bits per heavy atom. The zero-order valence-corrected chi connectivity index (χ0v) is 15.8. The largest absolute Gasteiger partial charge is 0.103 e. The molecule has 0 heteroatoms. The van der Waals surface area contributed by atoms with Crippen molar-refractivity contribution in [3.8, 4) is 0 Å². The lowest BCUT2D eigenvalue weighted by Gasteiger charge is -2.09. The lowest BCUT2D eigenvalue weighted by atomic mass is 9.97. The number of unbranched alkanes of at least 4 members (excludes halogenated alkanes) is 9. The van der Waals surface area contributed by atoms with Gasteiger partial charge in [0.2, 0.25) is 0 Å². The van der Waals surface area contributed by atoms with E-state index in [2.05, 4.69) is 33.4 Å². The first-order chi connectivity index (χ1) is 10.7. The zero-order chi connectivity index (χ0) is 16.5. The Bertz CT molecular complexity index is 261. The van der Waals surface area contributed by atoms with Gasteiger partial charge in [-0.3, -0.25) is 0 Å². The smallest absolute Gasteiger partial charge is 0.0322 e. The van der Waals surface area contributed by atoms with Crippen LogP contribution in [0.25, 0.3) is 0 Å². The number of rotatable bonds is 16. The Hall–Kier alpha value is -0.520. The lowest BCUT2D eigenvalue weighted by Crippen LogP contribution is -1.93. The first kappa shape index (κ1) is 21.5. The number of hydrogen-bond acceptors (Lipinski definition) is 0. The molecular formula is C22H42. The molecule has 0 rings (SSSR count). The Kier molecular flexibility index (Phi) is 16.4. The van der Waals surface area contributed by atoms with Gasteiger partial charge in [0, 0.05) is 0 Å². The van der Waals surface area contributed by atoms with Gasteiger partial charge in [-0.1, -0.05) is 89.4 Å². The molecule has 0 saturated carbocycles. The van der Waals surface area contributed by atoms with Gasteiger partial charge in [0.05, 0.1) is 0 Å². The fourth-order valence-corrected chi connectivity index (χ4v) is 2.94. The van der Waals surface area contributed by atoms with Crippen LogP contribution >= 0.6 is 0 Å². The van der Waals surface area contributed by atoms with E-state index in [9.17, 15) is 0 Å². The summed E-state index contributed by atoms with van der Waals surface area (Å²) in [5.41, 5.74) is 1.62. The fraction of sp³-hybridized carbons (Fsp3) is 0.818. The van der Waals surface area contributed by atoms with E-state index in [1.165, 1.54) is 89.9 Å². The second-order valence-corrected chi connectivity index (χ2v) is 7.19. The van der Waals surface area contributed by atoms with E-state index >= 15 is 0 Å². The normalized spacial score (nSPS) is 13.3. The van der Waals surface area contributed by atoms with Crippen molar-refractivity contribution in [3.05, 3.63) is 24.3 Å². The van der Waals surface area contributed by atoms with Crippen LogP contribution in [-0.2, 0) is 0 Å². The second-order valence-electron chi connectivity index (χ2n) is 7.19. The highest BCUT2D eigenvalue weighted by molar-refractivity contribution is 4.98. The highest BCUT2D eigenvalue weighted by Gasteiger charge is 2.00. The van der Waals surface area contributed by atoms with Crippen LogP contribution in [0.5, 0.6) is 0 Å². The minimum atomic E-state index is 0.872.